The molecule has 10 heteroatoms. The van der Waals surface area contributed by atoms with Gasteiger partial charge >= 0.3 is 0 Å². The molecule has 0 aliphatic rings. The van der Waals surface area contributed by atoms with Crippen LogP contribution in [0.25, 0.3) is 0 Å². The summed E-state index contributed by atoms with van der Waals surface area (Å²) >= 11 is 17.7. The van der Waals surface area contributed by atoms with Gasteiger partial charge in [0.1, 0.15) is 4.90 Å². The highest BCUT2D eigenvalue weighted by Crippen LogP contribution is 2.35. The monoisotopic (exact) mass is 368 g/mol. The first kappa shape index (κ1) is 16.4. The summed E-state index contributed by atoms with van der Waals surface area (Å²) < 4.78 is 28.3. The maximum atomic E-state index is 12.3. The number of benzene rings is 1. The van der Waals surface area contributed by atoms with E-state index in [2.05, 4.69) is 9.82 Å². The zero-order chi connectivity index (χ0) is 15.6. The third-order valence-electron chi connectivity index (χ3n) is 2.52. The summed E-state index contributed by atoms with van der Waals surface area (Å²) in [6.45, 7) is 0.765. The van der Waals surface area contributed by atoms with E-state index in [4.69, 9.17) is 40.5 Å². The molecule has 114 valence electrons. The Morgan fingerprint density at radius 3 is 2.43 bits per heavy atom. The lowest BCUT2D eigenvalue weighted by Crippen LogP contribution is -2.13. The summed E-state index contributed by atoms with van der Waals surface area (Å²) in [5.74, 6) is 0. The van der Waals surface area contributed by atoms with Crippen LogP contribution in [0.3, 0.4) is 0 Å². The molecule has 0 bridgehead atoms. The summed E-state index contributed by atoms with van der Waals surface area (Å²) in [4.78, 5) is -0.0157. The number of halogens is 3. The highest BCUT2D eigenvalue weighted by Gasteiger charge is 2.20. The van der Waals surface area contributed by atoms with Crippen molar-refractivity contribution in [1.29, 1.82) is 0 Å². The predicted molar refractivity (Wildman–Crippen MR) is 83.6 cm³/mol. The number of nitrogens with two attached hydrogens (primary N) is 1. The Hall–Kier alpha value is -0.990. The summed E-state index contributed by atoms with van der Waals surface area (Å²) in [5.41, 5.74) is 5.45. The Morgan fingerprint density at radius 1 is 1.24 bits per heavy atom. The van der Waals surface area contributed by atoms with Gasteiger partial charge in [0, 0.05) is 17.8 Å². The second-order valence-electron chi connectivity index (χ2n) is 4.08. The zero-order valence-electron chi connectivity index (χ0n) is 10.6. The number of nitrogens with one attached hydrogen (secondary N) is 1. The highest BCUT2D eigenvalue weighted by atomic mass is 35.5. The van der Waals surface area contributed by atoms with Crippen LogP contribution >= 0.6 is 34.8 Å². The number of nitrogens with zero attached hydrogens (tertiary/aromatic N) is 2. The lowest BCUT2D eigenvalue weighted by Gasteiger charge is -2.10. The fraction of sp³-hybridized carbons (Fsp3) is 0.182. The van der Waals surface area contributed by atoms with E-state index in [1.807, 2.05) is 0 Å². The van der Waals surface area contributed by atoms with Crippen molar-refractivity contribution < 1.29 is 8.42 Å². The predicted octanol–water partition coefficient (Wildman–Crippen LogP) is 2.60. The molecular formula is C11H11Cl3N4O2S. The summed E-state index contributed by atoms with van der Waals surface area (Å²) in [6.07, 6.45) is 2.59. The smallest absolute Gasteiger partial charge is 0.265 e. The minimum atomic E-state index is -3.85. The maximum Gasteiger partial charge on any atom is 0.265 e. The van der Waals surface area contributed by atoms with Gasteiger partial charge in [-0.3, -0.25) is 9.40 Å². The minimum absolute atomic E-state index is 0.0157. The molecule has 0 aliphatic carbocycles. The van der Waals surface area contributed by atoms with Crippen molar-refractivity contribution in [2.45, 2.75) is 11.4 Å². The van der Waals surface area contributed by atoms with Crippen LogP contribution in [0, 0.1) is 0 Å². The number of rotatable bonds is 5. The molecule has 1 heterocycles. The van der Waals surface area contributed by atoms with Crippen molar-refractivity contribution in [2.75, 3.05) is 11.3 Å². The molecule has 0 radical (unpaired) electrons. The molecule has 21 heavy (non-hydrogen) atoms. The Morgan fingerprint density at radius 2 is 1.86 bits per heavy atom. The molecule has 0 fully saturated rings. The van der Waals surface area contributed by atoms with Gasteiger partial charge in [0.2, 0.25) is 0 Å². The van der Waals surface area contributed by atoms with E-state index in [9.17, 15) is 8.42 Å². The van der Waals surface area contributed by atoms with Crippen molar-refractivity contribution in [3.8, 4) is 0 Å². The fourth-order valence-corrected chi connectivity index (χ4v) is 3.65. The Kier molecular flexibility index (Phi) is 5.00. The molecule has 0 aliphatic heterocycles. The first-order valence-corrected chi connectivity index (χ1v) is 8.35. The normalized spacial score (nSPS) is 11.6. The number of aromatic nitrogens is 2. The van der Waals surface area contributed by atoms with Gasteiger partial charge in [0.15, 0.2) is 0 Å². The summed E-state index contributed by atoms with van der Waals surface area (Å²) in [5, 5.41) is 4.42. The largest absolute Gasteiger partial charge is 0.329 e. The molecule has 1 aromatic heterocycles. The first-order chi connectivity index (χ1) is 9.83. The van der Waals surface area contributed by atoms with E-state index in [1.54, 1.807) is 0 Å². The van der Waals surface area contributed by atoms with E-state index in [-0.39, 0.29) is 20.6 Å². The van der Waals surface area contributed by atoms with Crippen molar-refractivity contribution in [3.05, 3.63) is 39.6 Å². The van der Waals surface area contributed by atoms with Crippen LogP contribution in [0.1, 0.15) is 0 Å². The molecule has 0 unspecified atom stereocenters. The van der Waals surface area contributed by atoms with Crippen LogP contribution in [0.4, 0.5) is 5.69 Å². The van der Waals surface area contributed by atoms with Crippen LogP contribution in [-0.4, -0.2) is 24.7 Å². The van der Waals surface area contributed by atoms with Crippen molar-refractivity contribution in [3.63, 3.8) is 0 Å². The zero-order valence-corrected chi connectivity index (χ0v) is 13.6. The Balaban J connectivity index is 2.33. The van der Waals surface area contributed by atoms with Crippen molar-refractivity contribution in [1.82, 2.24) is 9.78 Å². The third-order valence-corrected chi connectivity index (χ3v) is 4.64. The average Bonchev–Trinajstić information content (AvgIpc) is 2.84. The van der Waals surface area contributed by atoms with Gasteiger partial charge in [-0.1, -0.05) is 34.8 Å². The third kappa shape index (κ3) is 3.81. The molecule has 6 nitrogen and oxygen atoms in total. The number of anilines is 1. The molecule has 0 amide bonds. The molecule has 3 N–H and O–H groups in total. The van der Waals surface area contributed by atoms with Gasteiger partial charge in [0.05, 0.1) is 28.5 Å². The standard InChI is InChI=1S/C11H11Cl3N4O2S/c12-7-3-9(13)11(10(14)4-7)17-21(19,20)8-5-16-18(6-8)2-1-15/h3-6,17H,1-2,15H2. The van der Waals surface area contributed by atoms with Gasteiger partial charge in [-0.2, -0.15) is 5.10 Å². The van der Waals surface area contributed by atoms with Crippen molar-refractivity contribution in [2.24, 2.45) is 5.73 Å². The first-order valence-electron chi connectivity index (χ1n) is 5.73. The van der Waals surface area contributed by atoms with E-state index >= 15 is 0 Å². The van der Waals surface area contributed by atoms with Gasteiger partial charge in [0.25, 0.3) is 10.0 Å². The topological polar surface area (TPSA) is 90.0 Å². The Bertz CT molecular complexity index is 738. The molecule has 0 spiro atoms. The fourth-order valence-electron chi connectivity index (χ4n) is 1.57. The molecular weight excluding hydrogens is 359 g/mol. The second-order valence-corrected chi connectivity index (χ2v) is 7.01. The molecule has 2 aromatic rings. The summed E-state index contributed by atoms with van der Waals surface area (Å²) in [7, 11) is -3.85. The van der Waals surface area contributed by atoms with Crippen LogP contribution < -0.4 is 10.5 Å². The molecule has 0 saturated heterocycles. The van der Waals surface area contributed by atoms with E-state index < -0.39 is 10.0 Å². The van der Waals surface area contributed by atoms with E-state index in [1.165, 1.54) is 29.2 Å². The summed E-state index contributed by atoms with van der Waals surface area (Å²) in [6, 6.07) is 2.79. The Labute approximate surface area is 136 Å². The average molecular weight is 370 g/mol. The van der Waals surface area contributed by atoms with Crippen LogP contribution in [-0.2, 0) is 16.6 Å². The quantitative estimate of drug-likeness (QED) is 0.847. The molecule has 0 saturated carbocycles. The molecule has 0 atom stereocenters. The molecule has 2 rings (SSSR count). The van der Waals surface area contributed by atoms with E-state index in [0.29, 0.717) is 18.1 Å². The SMILES string of the molecule is NCCn1cc(S(=O)(=O)Nc2c(Cl)cc(Cl)cc2Cl)cn1. The van der Waals surface area contributed by atoms with Crippen LogP contribution in [0.15, 0.2) is 29.4 Å². The molecule has 1 aromatic carbocycles. The van der Waals surface area contributed by atoms with Gasteiger partial charge in [-0.15, -0.1) is 0 Å². The lowest BCUT2D eigenvalue weighted by atomic mass is 10.3. The number of hydrogen-bond acceptors (Lipinski definition) is 4. The number of hydrogen-bond donors (Lipinski definition) is 2. The van der Waals surface area contributed by atoms with Gasteiger partial charge in [-0.05, 0) is 12.1 Å². The van der Waals surface area contributed by atoms with Crippen LogP contribution in [0.5, 0.6) is 0 Å². The maximum absolute atomic E-state index is 12.3. The minimum Gasteiger partial charge on any atom is -0.329 e. The number of sulfonamides is 1. The second kappa shape index (κ2) is 6.41. The van der Waals surface area contributed by atoms with Crippen LogP contribution in [0.2, 0.25) is 15.1 Å². The highest BCUT2D eigenvalue weighted by molar-refractivity contribution is 7.92. The van der Waals surface area contributed by atoms with Crippen molar-refractivity contribution >= 4 is 50.5 Å². The van der Waals surface area contributed by atoms with Gasteiger partial charge < -0.3 is 5.73 Å². The van der Waals surface area contributed by atoms with Gasteiger partial charge in [-0.25, -0.2) is 8.42 Å². The lowest BCUT2D eigenvalue weighted by molar-refractivity contribution is 0.599. The van der Waals surface area contributed by atoms with E-state index in [0.717, 1.165) is 0 Å².